The minimum atomic E-state index is -0.908. The SMILES string of the molecule is N[C@@H](CC[N+]1=CCCC1)C(=O)O. The fourth-order valence-electron chi connectivity index (χ4n) is 1.29. The quantitative estimate of drug-likeness (QED) is 0.569. The van der Waals surface area contributed by atoms with Crippen LogP contribution in [0.3, 0.4) is 0 Å². The van der Waals surface area contributed by atoms with Crippen molar-refractivity contribution >= 4 is 12.2 Å². The van der Waals surface area contributed by atoms with Crippen LogP contribution in [0.5, 0.6) is 0 Å². The van der Waals surface area contributed by atoms with Crippen LogP contribution in [0.15, 0.2) is 0 Å². The van der Waals surface area contributed by atoms with Crippen molar-refractivity contribution < 1.29 is 14.5 Å². The maximum atomic E-state index is 10.4. The highest BCUT2D eigenvalue weighted by atomic mass is 16.4. The number of hydrogen-bond acceptors (Lipinski definition) is 2. The van der Waals surface area contributed by atoms with Gasteiger partial charge in [0.2, 0.25) is 0 Å². The highest BCUT2D eigenvalue weighted by molar-refractivity contribution is 5.72. The van der Waals surface area contributed by atoms with Crippen molar-refractivity contribution in [1.82, 2.24) is 0 Å². The molecular formula is C8H15N2O2+. The van der Waals surface area contributed by atoms with Crippen molar-refractivity contribution in [2.75, 3.05) is 13.1 Å². The van der Waals surface area contributed by atoms with Crippen molar-refractivity contribution in [2.45, 2.75) is 25.3 Å². The molecule has 0 unspecified atom stereocenters. The molecule has 0 aromatic rings. The zero-order valence-corrected chi connectivity index (χ0v) is 7.07. The summed E-state index contributed by atoms with van der Waals surface area (Å²) in [4.78, 5) is 10.4. The van der Waals surface area contributed by atoms with Gasteiger partial charge in [-0.2, -0.15) is 0 Å². The number of nitrogens with two attached hydrogens (primary N) is 1. The fourth-order valence-corrected chi connectivity index (χ4v) is 1.29. The van der Waals surface area contributed by atoms with Crippen molar-refractivity contribution in [2.24, 2.45) is 5.73 Å². The van der Waals surface area contributed by atoms with Gasteiger partial charge < -0.3 is 10.8 Å². The van der Waals surface area contributed by atoms with Gasteiger partial charge in [-0.3, -0.25) is 4.79 Å². The van der Waals surface area contributed by atoms with Gasteiger partial charge in [0, 0.05) is 19.3 Å². The van der Waals surface area contributed by atoms with E-state index >= 15 is 0 Å². The second kappa shape index (κ2) is 4.21. The maximum Gasteiger partial charge on any atom is 0.320 e. The first-order valence-corrected chi connectivity index (χ1v) is 4.26. The summed E-state index contributed by atoms with van der Waals surface area (Å²) < 4.78 is 2.14. The van der Waals surface area contributed by atoms with Crippen LogP contribution in [-0.4, -0.2) is 41.0 Å². The minimum absolute atomic E-state index is 0.534. The summed E-state index contributed by atoms with van der Waals surface area (Å²) in [6, 6.07) is -0.709. The van der Waals surface area contributed by atoms with Crippen LogP contribution in [0.4, 0.5) is 0 Å². The predicted molar refractivity (Wildman–Crippen MR) is 45.5 cm³/mol. The normalized spacial score (nSPS) is 18.9. The summed E-state index contributed by atoms with van der Waals surface area (Å²) in [5, 5.41) is 8.50. The van der Waals surface area contributed by atoms with Crippen LogP contribution in [0.25, 0.3) is 0 Å². The predicted octanol–water partition coefficient (Wildman–Crippen LogP) is -0.334. The molecule has 68 valence electrons. The summed E-state index contributed by atoms with van der Waals surface area (Å²) in [5.41, 5.74) is 5.35. The topological polar surface area (TPSA) is 66.3 Å². The first-order chi connectivity index (χ1) is 5.70. The average Bonchev–Trinajstić information content (AvgIpc) is 2.51. The van der Waals surface area contributed by atoms with E-state index < -0.39 is 12.0 Å². The summed E-state index contributed by atoms with van der Waals surface area (Å²) >= 11 is 0. The molecule has 4 heteroatoms. The van der Waals surface area contributed by atoms with Crippen molar-refractivity contribution in [3.8, 4) is 0 Å². The third-order valence-electron chi connectivity index (χ3n) is 2.08. The van der Waals surface area contributed by atoms with Gasteiger partial charge in [-0.05, 0) is 0 Å². The van der Waals surface area contributed by atoms with E-state index in [4.69, 9.17) is 10.8 Å². The highest BCUT2D eigenvalue weighted by Crippen LogP contribution is 1.98. The molecule has 0 amide bonds. The van der Waals surface area contributed by atoms with Gasteiger partial charge in [-0.1, -0.05) is 0 Å². The molecule has 4 nitrogen and oxygen atoms in total. The smallest absolute Gasteiger partial charge is 0.320 e. The maximum absolute atomic E-state index is 10.4. The Hall–Kier alpha value is -0.900. The van der Waals surface area contributed by atoms with Crippen molar-refractivity contribution in [1.29, 1.82) is 0 Å². The van der Waals surface area contributed by atoms with Crippen molar-refractivity contribution in [3.05, 3.63) is 0 Å². The Kier molecular flexibility index (Phi) is 3.22. The highest BCUT2D eigenvalue weighted by Gasteiger charge is 2.16. The van der Waals surface area contributed by atoms with Gasteiger partial charge in [0.25, 0.3) is 0 Å². The standard InChI is InChI=1S/C8H14N2O2/c9-7(8(11)12)3-6-10-4-1-2-5-10/h4,7H,1-3,5-6,9H2/p+1/t7-/m0/s1. The number of rotatable bonds is 4. The van der Waals surface area contributed by atoms with Crippen LogP contribution < -0.4 is 5.73 Å². The lowest BCUT2D eigenvalue weighted by Crippen LogP contribution is -2.32. The number of carbonyl (C=O) groups is 1. The number of aliphatic carboxylic acids is 1. The molecule has 0 aliphatic carbocycles. The second-order valence-corrected chi connectivity index (χ2v) is 3.09. The zero-order chi connectivity index (χ0) is 8.97. The lowest BCUT2D eigenvalue weighted by Gasteiger charge is -2.03. The Morgan fingerprint density at radius 2 is 2.50 bits per heavy atom. The summed E-state index contributed by atoms with van der Waals surface area (Å²) in [6.45, 7) is 1.82. The molecular weight excluding hydrogens is 156 g/mol. The first kappa shape index (κ1) is 9.19. The molecule has 0 aromatic carbocycles. The van der Waals surface area contributed by atoms with Gasteiger partial charge in [0.15, 0.2) is 0 Å². The Morgan fingerprint density at radius 3 is 3.00 bits per heavy atom. The number of carboxylic acid groups (broad SMARTS) is 1. The molecule has 0 saturated heterocycles. The van der Waals surface area contributed by atoms with E-state index in [1.54, 1.807) is 0 Å². The molecule has 1 aliphatic heterocycles. The molecule has 1 rings (SSSR count). The molecule has 0 radical (unpaired) electrons. The monoisotopic (exact) mass is 171 g/mol. The summed E-state index contributed by atoms with van der Waals surface area (Å²) in [6.07, 6.45) is 4.95. The van der Waals surface area contributed by atoms with Gasteiger partial charge in [0.1, 0.15) is 25.3 Å². The van der Waals surface area contributed by atoms with Crippen LogP contribution in [0, 0.1) is 0 Å². The van der Waals surface area contributed by atoms with Gasteiger partial charge in [-0.15, -0.1) is 0 Å². The molecule has 0 fully saturated rings. The van der Waals surface area contributed by atoms with Crippen LogP contribution in [-0.2, 0) is 4.79 Å². The van der Waals surface area contributed by atoms with E-state index in [0.717, 1.165) is 19.5 Å². The zero-order valence-electron chi connectivity index (χ0n) is 7.07. The largest absolute Gasteiger partial charge is 0.480 e. The third-order valence-corrected chi connectivity index (χ3v) is 2.08. The summed E-state index contributed by atoms with van der Waals surface area (Å²) in [7, 11) is 0. The lowest BCUT2D eigenvalue weighted by atomic mass is 10.2. The Labute approximate surface area is 71.7 Å². The van der Waals surface area contributed by atoms with E-state index in [1.807, 2.05) is 0 Å². The molecule has 1 heterocycles. The van der Waals surface area contributed by atoms with Crippen LogP contribution in [0.2, 0.25) is 0 Å². The molecule has 12 heavy (non-hydrogen) atoms. The molecule has 0 aromatic heterocycles. The minimum Gasteiger partial charge on any atom is -0.480 e. The Morgan fingerprint density at radius 1 is 1.75 bits per heavy atom. The Balaban J connectivity index is 2.20. The third kappa shape index (κ3) is 2.62. The number of nitrogens with zero attached hydrogens (tertiary/aromatic N) is 1. The van der Waals surface area contributed by atoms with E-state index in [-0.39, 0.29) is 0 Å². The molecule has 0 saturated carbocycles. The average molecular weight is 171 g/mol. The van der Waals surface area contributed by atoms with E-state index in [9.17, 15) is 4.79 Å². The Bertz CT molecular complexity index is 201. The van der Waals surface area contributed by atoms with E-state index in [0.29, 0.717) is 6.42 Å². The lowest BCUT2D eigenvalue weighted by molar-refractivity contribution is -0.516. The number of hydrogen-bond donors (Lipinski definition) is 2. The molecule has 1 aliphatic rings. The molecule has 0 bridgehead atoms. The molecule has 3 N–H and O–H groups in total. The van der Waals surface area contributed by atoms with Crippen LogP contribution >= 0.6 is 0 Å². The van der Waals surface area contributed by atoms with Gasteiger partial charge >= 0.3 is 5.97 Å². The first-order valence-electron chi connectivity index (χ1n) is 4.26. The van der Waals surface area contributed by atoms with Gasteiger partial charge in [0.05, 0.1) is 0 Å². The van der Waals surface area contributed by atoms with Gasteiger partial charge in [-0.25, -0.2) is 4.58 Å². The second-order valence-electron chi connectivity index (χ2n) is 3.09. The number of carboxylic acids is 1. The fraction of sp³-hybridized carbons (Fsp3) is 0.750. The van der Waals surface area contributed by atoms with E-state index in [1.165, 1.54) is 6.42 Å². The molecule has 0 spiro atoms. The molecule has 1 atom stereocenters. The summed E-state index contributed by atoms with van der Waals surface area (Å²) in [5.74, 6) is -0.908. The van der Waals surface area contributed by atoms with E-state index in [2.05, 4.69) is 10.8 Å². The van der Waals surface area contributed by atoms with Crippen LogP contribution in [0.1, 0.15) is 19.3 Å². The van der Waals surface area contributed by atoms with Crippen molar-refractivity contribution in [3.63, 3.8) is 0 Å².